The molecule has 1 unspecified atom stereocenters. The SMILES string of the molecule is CC(C)Cc1ccc(CC(C#N)c2ccccc2)cc1. The van der Waals surface area contributed by atoms with E-state index in [2.05, 4.69) is 44.2 Å². The summed E-state index contributed by atoms with van der Waals surface area (Å²) in [6.07, 6.45) is 1.89. The Balaban J connectivity index is 2.07. The van der Waals surface area contributed by atoms with Crippen molar-refractivity contribution in [1.29, 1.82) is 5.26 Å². The molecule has 1 heteroatoms. The lowest BCUT2D eigenvalue weighted by molar-refractivity contribution is 0.647. The standard InChI is InChI=1S/C19H21N/c1-15(2)12-16-8-10-17(11-9-16)13-19(14-20)18-6-4-3-5-7-18/h3-11,15,19H,12-13H2,1-2H3. The predicted molar refractivity (Wildman–Crippen MR) is 83.5 cm³/mol. The predicted octanol–water partition coefficient (Wildman–Crippen LogP) is 4.73. The first-order valence-electron chi connectivity index (χ1n) is 7.21. The van der Waals surface area contributed by atoms with Crippen molar-refractivity contribution < 1.29 is 0 Å². The highest BCUT2D eigenvalue weighted by atomic mass is 14.3. The van der Waals surface area contributed by atoms with Gasteiger partial charge in [-0.3, -0.25) is 0 Å². The molecule has 0 aliphatic heterocycles. The zero-order valence-corrected chi connectivity index (χ0v) is 12.2. The van der Waals surface area contributed by atoms with Gasteiger partial charge in [0.25, 0.3) is 0 Å². The largest absolute Gasteiger partial charge is 0.198 e. The molecule has 2 aromatic rings. The Kier molecular flexibility index (Phi) is 4.96. The van der Waals surface area contributed by atoms with Crippen LogP contribution in [0.2, 0.25) is 0 Å². The molecular formula is C19H21N. The van der Waals surface area contributed by atoms with Crippen LogP contribution in [0.1, 0.15) is 36.5 Å². The minimum atomic E-state index is -0.0628. The number of hydrogen-bond donors (Lipinski definition) is 0. The number of hydrogen-bond acceptors (Lipinski definition) is 1. The maximum Gasteiger partial charge on any atom is 0.0753 e. The highest BCUT2D eigenvalue weighted by molar-refractivity contribution is 5.30. The quantitative estimate of drug-likeness (QED) is 0.764. The van der Waals surface area contributed by atoms with E-state index < -0.39 is 0 Å². The second-order valence-corrected chi connectivity index (χ2v) is 5.71. The van der Waals surface area contributed by atoms with E-state index in [4.69, 9.17) is 0 Å². The van der Waals surface area contributed by atoms with E-state index in [1.807, 2.05) is 30.3 Å². The van der Waals surface area contributed by atoms with Gasteiger partial charge in [0.15, 0.2) is 0 Å². The molecule has 0 bridgehead atoms. The normalized spacial score (nSPS) is 12.1. The number of nitrogens with zero attached hydrogens (tertiary/aromatic N) is 1. The Labute approximate surface area is 121 Å². The lowest BCUT2D eigenvalue weighted by atomic mass is 9.92. The minimum absolute atomic E-state index is 0.0628. The van der Waals surface area contributed by atoms with Crippen LogP contribution in [0.3, 0.4) is 0 Å². The third-order valence-electron chi connectivity index (χ3n) is 3.46. The third-order valence-corrected chi connectivity index (χ3v) is 3.46. The fourth-order valence-electron chi connectivity index (χ4n) is 2.44. The molecule has 2 rings (SSSR count). The molecule has 0 amide bonds. The van der Waals surface area contributed by atoms with Gasteiger partial charge in [0.05, 0.1) is 12.0 Å². The molecule has 0 saturated heterocycles. The molecule has 2 aromatic carbocycles. The van der Waals surface area contributed by atoms with Crippen LogP contribution in [-0.4, -0.2) is 0 Å². The van der Waals surface area contributed by atoms with Gasteiger partial charge in [-0.25, -0.2) is 0 Å². The number of rotatable bonds is 5. The molecule has 0 heterocycles. The molecule has 0 radical (unpaired) electrons. The average Bonchev–Trinajstić information content (AvgIpc) is 2.47. The Bertz CT molecular complexity index is 561. The highest BCUT2D eigenvalue weighted by Crippen LogP contribution is 2.20. The maximum atomic E-state index is 9.36. The first kappa shape index (κ1) is 14.3. The molecular weight excluding hydrogens is 242 g/mol. The van der Waals surface area contributed by atoms with Crippen LogP contribution in [0.15, 0.2) is 54.6 Å². The Hall–Kier alpha value is -2.07. The second-order valence-electron chi connectivity index (χ2n) is 5.71. The summed E-state index contributed by atoms with van der Waals surface area (Å²) in [5.74, 6) is 0.615. The van der Waals surface area contributed by atoms with Gasteiger partial charge >= 0.3 is 0 Å². The van der Waals surface area contributed by atoms with Crippen molar-refractivity contribution in [2.45, 2.75) is 32.6 Å². The molecule has 1 atom stereocenters. The minimum Gasteiger partial charge on any atom is -0.198 e. The molecule has 20 heavy (non-hydrogen) atoms. The van der Waals surface area contributed by atoms with Crippen LogP contribution in [0.25, 0.3) is 0 Å². The van der Waals surface area contributed by atoms with Crippen molar-refractivity contribution in [3.63, 3.8) is 0 Å². The lowest BCUT2D eigenvalue weighted by Gasteiger charge is -2.10. The number of benzene rings is 2. The molecule has 0 aliphatic rings. The molecule has 0 aliphatic carbocycles. The average molecular weight is 263 g/mol. The van der Waals surface area contributed by atoms with Gasteiger partial charge in [0, 0.05) is 0 Å². The van der Waals surface area contributed by atoms with Crippen molar-refractivity contribution in [2.75, 3.05) is 0 Å². The van der Waals surface area contributed by atoms with Crippen molar-refractivity contribution in [2.24, 2.45) is 5.92 Å². The zero-order chi connectivity index (χ0) is 14.4. The monoisotopic (exact) mass is 263 g/mol. The Morgan fingerprint density at radius 1 is 0.850 bits per heavy atom. The third kappa shape index (κ3) is 3.96. The van der Waals surface area contributed by atoms with Crippen molar-refractivity contribution in [1.82, 2.24) is 0 Å². The summed E-state index contributed by atoms with van der Waals surface area (Å²) in [4.78, 5) is 0. The van der Waals surface area contributed by atoms with Crippen molar-refractivity contribution in [3.8, 4) is 6.07 Å². The van der Waals surface area contributed by atoms with Gasteiger partial charge in [0.1, 0.15) is 0 Å². The van der Waals surface area contributed by atoms with Gasteiger partial charge in [-0.1, -0.05) is 68.4 Å². The molecule has 102 valence electrons. The van der Waals surface area contributed by atoms with Gasteiger partial charge in [-0.05, 0) is 35.4 Å². The van der Waals surface area contributed by atoms with E-state index in [-0.39, 0.29) is 5.92 Å². The summed E-state index contributed by atoms with van der Waals surface area (Å²) in [6.45, 7) is 4.46. The molecule has 1 nitrogen and oxygen atoms in total. The van der Waals surface area contributed by atoms with Crippen LogP contribution in [0.4, 0.5) is 0 Å². The summed E-state index contributed by atoms with van der Waals surface area (Å²) < 4.78 is 0. The van der Waals surface area contributed by atoms with Crippen molar-refractivity contribution in [3.05, 3.63) is 71.3 Å². The maximum absolute atomic E-state index is 9.36. The summed E-state index contributed by atoms with van der Waals surface area (Å²) in [6, 6.07) is 21.1. The summed E-state index contributed by atoms with van der Waals surface area (Å²) in [5.41, 5.74) is 3.70. The van der Waals surface area contributed by atoms with Gasteiger partial charge < -0.3 is 0 Å². The van der Waals surface area contributed by atoms with E-state index in [9.17, 15) is 5.26 Å². The van der Waals surface area contributed by atoms with Crippen LogP contribution >= 0.6 is 0 Å². The van der Waals surface area contributed by atoms with E-state index in [0.29, 0.717) is 5.92 Å². The van der Waals surface area contributed by atoms with Crippen LogP contribution in [0, 0.1) is 17.2 Å². The van der Waals surface area contributed by atoms with Gasteiger partial charge in [0.2, 0.25) is 0 Å². The zero-order valence-electron chi connectivity index (χ0n) is 12.2. The fraction of sp³-hybridized carbons (Fsp3) is 0.316. The summed E-state index contributed by atoms with van der Waals surface area (Å²) in [5, 5.41) is 9.36. The highest BCUT2D eigenvalue weighted by Gasteiger charge is 2.11. The lowest BCUT2D eigenvalue weighted by Crippen LogP contribution is -2.01. The second kappa shape index (κ2) is 6.91. The van der Waals surface area contributed by atoms with Gasteiger partial charge in [-0.15, -0.1) is 0 Å². The fourth-order valence-corrected chi connectivity index (χ4v) is 2.44. The summed E-state index contributed by atoms with van der Waals surface area (Å²) >= 11 is 0. The van der Waals surface area contributed by atoms with E-state index >= 15 is 0 Å². The number of nitriles is 1. The first-order chi connectivity index (χ1) is 9.69. The summed E-state index contributed by atoms with van der Waals surface area (Å²) in [7, 11) is 0. The van der Waals surface area contributed by atoms with Gasteiger partial charge in [-0.2, -0.15) is 5.26 Å². The topological polar surface area (TPSA) is 23.8 Å². The molecule has 0 saturated carbocycles. The Morgan fingerprint density at radius 3 is 1.90 bits per heavy atom. The van der Waals surface area contributed by atoms with Crippen LogP contribution in [-0.2, 0) is 12.8 Å². The van der Waals surface area contributed by atoms with Crippen LogP contribution in [0.5, 0.6) is 0 Å². The van der Waals surface area contributed by atoms with E-state index in [0.717, 1.165) is 18.4 Å². The van der Waals surface area contributed by atoms with E-state index in [1.165, 1.54) is 11.1 Å². The smallest absolute Gasteiger partial charge is 0.0753 e. The Morgan fingerprint density at radius 2 is 1.40 bits per heavy atom. The first-order valence-corrected chi connectivity index (χ1v) is 7.21. The van der Waals surface area contributed by atoms with E-state index in [1.54, 1.807) is 0 Å². The molecule has 0 N–H and O–H groups in total. The molecule has 0 spiro atoms. The van der Waals surface area contributed by atoms with Crippen LogP contribution < -0.4 is 0 Å². The molecule has 0 fully saturated rings. The molecule has 0 aromatic heterocycles. The van der Waals surface area contributed by atoms with Crippen molar-refractivity contribution >= 4 is 0 Å².